The number of rotatable bonds is 10. The number of hydrogen-bond acceptors (Lipinski definition) is 6. The van der Waals surface area contributed by atoms with Crippen LogP contribution in [0.15, 0.2) is 24.3 Å². The van der Waals surface area contributed by atoms with Crippen molar-refractivity contribution in [3.8, 4) is 11.5 Å². The average molecular weight is 347 g/mol. The number of ether oxygens (including phenoxy) is 2. The van der Waals surface area contributed by atoms with E-state index in [1.54, 1.807) is 11.8 Å². The fourth-order valence-electron chi connectivity index (χ4n) is 2.27. The molecular formula is C17H25N5O3. The number of carbonyl (C=O) groups is 1. The molecule has 8 nitrogen and oxygen atoms in total. The van der Waals surface area contributed by atoms with Crippen LogP contribution in [0.25, 0.3) is 0 Å². The number of benzene rings is 1. The van der Waals surface area contributed by atoms with Crippen molar-refractivity contribution in [2.45, 2.75) is 39.2 Å². The molecule has 2 aromatic rings. The van der Waals surface area contributed by atoms with Crippen molar-refractivity contribution in [2.75, 3.05) is 20.3 Å². The Labute approximate surface area is 147 Å². The summed E-state index contributed by atoms with van der Waals surface area (Å²) in [5.74, 6) is 2.33. The molecule has 2 rings (SSSR count). The number of methoxy groups -OCH3 is 1. The maximum absolute atomic E-state index is 11.8. The van der Waals surface area contributed by atoms with Crippen LogP contribution in [0.3, 0.4) is 0 Å². The lowest BCUT2D eigenvalue weighted by Gasteiger charge is -2.09. The molecule has 0 aliphatic heterocycles. The summed E-state index contributed by atoms with van der Waals surface area (Å²) in [6.07, 6.45) is 1.69. The van der Waals surface area contributed by atoms with Gasteiger partial charge in [-0.05, 0) is 55.0 Å². The average Bonchev–Trinajstić information content (AvgIpc) is 3.08. The Morgan fingerprint density at radius 2 is 1.96 bits per heavy atom. The topological polar surface area (TPSA) is 91.2 Å². The number of nitrogens with zero attached hydrogens (tertiary/aromatic N) is 4. The van der Waals surface area contributed by atoms with E-state index in [9.17, 15) is 4.79 Å². The maximum atomic E-state index is 11.8. The highest BCUT2D eigenvalue weighted by Crippen LogP contribution is 2.17. The molecule has 0 saturated carbocycles. The number of nitrogens with one attached hydrogen (secondary N) is 1. The van der Waals surface area contributed by atoms with E-state index >= 15 is 0 Å². The molecule has 0 atom stereocenters. The molecule has 1 amide bonds. The molecule has 1 heterocycles. The molecule has 1 aromatic heterocycles. The SMILES string of the molecule is COc1ccc(OCCCC(=O)NCCc2nnnn2C(C)C)cc1. The predicted molar refractivity (Wildman–Crippen MR) is 92.6 cm³/mol. The van der Waals surface area contributed by atoms with E-state index in [0.29, 0.717) is 32.4 Å². The van der Waals surface area contributed by atoms with Gasteiger partial charge in [0.1, 0.15) is 11.5 Å². The Balaban J connectivity index is 1.60. The number of tetrazole rings is 1. The van der Waals surface area contributed by atoms with Crippen LogP contribution < -0.4 is 14.8 Å². The Morgan fingerprint density at radius 1 is 1.24 bits per heavy atom. The zero-order chi connectivity index (χ0) is 18.1. The largest absolute Gasteiger partial charge is 0.497 e. The van der Waals surface area contributed by atoms with Gasteiger partial charge in [-0.1, -0.05) is 0 Å². The van der Waals surface area contributed by atoms with E-state index in [1.807, 2.05) is 38.1 Å². The molecule has 0 bridgehead atoms. The van der Waals surface area contributed by atoms with Crippen molar-refractivity contribution in [3.63, 3.8) is 0 Å². The van der Waals surface area contributed by atoms with Gasteiger partial charge < -0.3 is 14.8 Å². The van der Waals surface area contributed by atoms with Crippen LogP contribution in [0.1, 0.15) is 38.6 Å². The normalized spacial score (nSPS) is 10.7. The van der Waals surface area contributed by atoms with Gasteiger partial charge in [-0.15, -0.1) is 5.10 Å². The minimum atomic E-state index is 0.00176. The third kappa shape index (κ3) is 6.06. The van der Waals surface area contributed by atoms with Crippen LogP contribution >= 0.6 is 0 Å². The van der Waals surface area contributed by atoms with Crippen LogP contribution in [0.5, 0.6) is 11.5 Å². The van der Waals surface area contributed by atoms with Crippen molar-refractivity contribution in [1.82, 2.24) is 25.5 Å². The molecule has 1 aromatic carbocycles. The van der Waals surface area contributed by atoms with E-state index in [1.165, 1.54) is 0 Å². The second-order valence-electron chi connectivity index (χ2n) is 5.86. The second kappa shape index (κ2) is 9.61. The van der Waals surface area contributed by atoms with Gasteiger partial charge in [0.15, 0.2) is 5.82 Å². The molecular weight excluding hydrogens is 322 g/mol. The first-order chi connectivity index (χ1) is 12.1. The Morgan fingerprint density at radius 3 is 2.64 bits per heavy atom. The zero-order valence-corrected chi connectivity index (χ0v) is 14.9. The Bertz CT molecular complexity index is 655. The summed E-state index contributed by atoms with van der Waals surface area (Å²) in [5.41, 5.74) is 0. The van der Waals surface area contributed by atoms with Crippen molar-refractivity contribution >= 4 is 5.91 Å². The first-order valence-corrected chi connectivity index (χ1v) is 8.40. The fraction of sp³-hybridized carbons (Fsp3) is 0.529. The molecule has 136 valence electrons. The van der Waals surface area contributed by atoms with Crippen molar-refractivity contribution in [1.29, 1.82) is 0 Å². The number of aromatic nitrogens is 4. The lowest BCUT2D eigenvalue weighted by Crippen LogP contribution is -2.26. The minimum Gasteiger partial charge on any atom is -0.497 e. The molecule has 1 N–H and O–H groups in total. The van der Waals surface area contributed by atoms with Crippen LogP contribution in [0.2, 0.25) is 0 Å². The smallest absolute Gasteiger partial charge is 0.220 e. The quantitative estimate of drug-likeness (QED) is 0.659. The van der Waals surface area contributed by atoms with Gasteiger partial charge in [-0.25, -0.2) is 4.68 Å². The highest BCUT2D eigenvalue weighted by atomic mass is 16.5. The van der Waals surface area contributed by atoms with Crippen molar-refractivity contribution in [3.05, 3.63) is 30.1 Å². The van der Waals surface area contributed by atoms with E-state index in [2.05, 4.69) is 20.8 Å². The summed E-state index contributed by atoms with van der Waals surface area (Å²) >= 11 is 0. The lowest BCUT2D eigenvalue weighted by molar-refractivity contribution is -0.121. The predicted octanol–water partition coefficient (Wildman–Crippen LogP) is 1.78. The summed E-state index contributed by atoms with van der Waals surface area (Å²) in [7, 11) is 1.62. The van der Waals surface area contributed by atoms with Crippen LogP contribution in [-0.4, -0.2) is 46.4 Å². The lowest BCUT2D eigenvalue weighted by atomic mass is 10.3. The molecule has 0 aliphatic rings. The molecule has 0 radical (unpaired) electrons. The van der Waals surface area contributed by atoms with Crippen LogP contribution in [0.4, 0.5) is 0 Å². The van der Waals surface area contributed by atoms with Gasteiger partial charge in [0.25, 0.3) is 0 Å². The first-order valence-electron chi connectivity index (χ1n) is 8.40. The van der Waals surface area contributed by atoms with Crippen molar-refractivity contribution in [2.24, 2.45) is 0 Å². The first kappa shape index (κ1) is 18.7. The second-order valence-corrected chi connectivity index (χ2v) is 5.86. The summed E-state index contributed by atoms with van der Waals surface area (Å²) in [6.45, 7) is 5.04. The molecule has 0 unspecified atom stereocenters. The van der Waals surface area contributed by atoms with E-state index in [-0.39, 0.29) is 11.9 Å². The van der Waals surface area contributed by atoms with Gasteiger partial charge in [-0.3, -0.25) is 4.79 Å². The van der Waals surface area contributed by atoms with E-state index in [0.717, 1.165) is 17.3 Å². The third-order valence-electron chi connectivity index (χ3n) is 3.60. The number of hydrogen-bond donors (Lipinski definition) is 1. The van der Waals surface area contributed by atoms with E-state index in [4.69, 9.17) is 9.47 Å². The number of carbonyl (C=O) groups excluding carboxylic acids is 1. The van der Waals surface area contributed by atoms with Gasteiger partial charge >= 0.3 is 0 Å². The van der Waals surface area contributed by atoms with Crippen LogP contribution in [-0.2, 0) is 11.2 Å². The fourth-order valence-corrected chi connectivity index (χ4v) is 2.27. The monoisotopic (exact) mass is 347 g/mol. The molecule has 0 aliphatic carbocycles. The molecule has 8 heteroatoms. The maximum Gasteiger partial charge on any atom is 0.220 e. The third-order valence-corrected chi connectivity index (χ3v) is 3.60. The molecule has 25 heavy (non-hydrogen) atoms. The highest BCUT2D eigenvalue weighted by molar-refractivity contribution is 5.75. The molecule has 0 spiro atoms. The van der Waals surface area contributed by atoms with Gasteiger partial charge in [0, 0.05) is 19.4 Å². The summed E-state index contributed by atoms with van der Waals surface area (Å²) in [5, 5.41) is 14.5. The molecule has 0 fully saturated rings. The summed E-state index contributed by atoms with van der Waals surface area (Å²) in [6, 6.07) is 7.57. The summed E-state index contributed by atoms with van der Waals surface area (Å²) < 4.78 is 12.4. The minimum absolute atomic E-state index is 0.00176. The zero-order valence-electron chi connectivity index (χ0n) is 14.9. The van der Waals surface area contributed by atoms with Crippen LogP contribution in [0, 0.1) is 0 Å². The van der Waals surface area contributed by atoms with Crippen molar-refractivity contribution < 1.29 is 14.3 Å². The van der Waals surface area contributed by atoms with Gasteiger partial charge in [-0.2, -0.15) is 0 Å². The molecule has 0 saturated heterocycles. The van der Waals surface area contributed by atoms with E-state index < -0.39 is 0 Å². The Kier molecular flexibility index (Phi) is 7.18. The highest BCUT2D eigenvalue weighted by Gasteiger charge is 2.09. The van der Waals surface area contributed by atoms with Gasteiger partial charge in [0.2, 0.25) is 5.91 Å². The standard InChI is InChI=1S/C17H25N5O3/c1-13(2)22-16(19-20-21-22)10-11-18-17(23)5-4-12-25-15-8-6-14(24-3)7-9-15/h6-9,13H,4-5,10-12H2,1-3H3,(H,18,23). The Hall–Kier alpha value is -2.64. The van der Waals surface area contributed by atoms with Gasteiger partial charge in [0.05, 0.1) is 19.8 Å². The number of amides is 1. The summed E-state index contributed by atoms with van der Waals surface area (Å²) in [4.78, 5) is 11.8.